The van der Waals surface area contributed by atoms with Gasteiger partial charge in [0, 0.05) is 37.7 Å². The molecule has 8 heteroatoms. The van der Waals surface area contributed by atoms with E-state index in [4.69, 9.17) is 9.47 Å². The smallest absolute Gasteiger partial charge is 0.410 e. The molecule has 1 aliphatic rings. The predicted octanol–water partition coefficient (Wildman–Crippen LogP) is 4.62. The number of nitrogens with zero attached hydrogens (tertiary/aromatic N) is 4. The molecular formula is C24H29N5O3. The molecule has 8 nitrogen and oxygen atoms in total. The summed E-state index contributed by atoms with van der Waals surface area (Å²) in [5.41, 5.74) is 4.09. The Labute approximate surface area is 188 Å². The zero-order valence-corrected chi connectivity index (χ0v) is 19.0. The maximum atomic E-state index is 12.3. The van der Waals surface area contributed by atoms with Crippen molar-refractivity contribution in [3.05, 3.63) is 48.4 Å². The van der Waals surface area contributed by atoms with Crippen molar-refractivity contribution in [2.75, 3.05) is 13.1 Å². The topological polar surface area (TPSA) is 93.2 Å². The molecule has 32 heavy (non-hydrogen) atoms. The summed E-state index contributed by atoms with van der Waals surface area (Å²) >= 11 is 0. The number of rotatable bonds is 4. The van der Waals surface area contributed by atoms with Crippen LogP contribution in [0.3, 0.4) is 0 Å². The summed E-state index contributed by atoms with van der Waals surface area (Å²) in [7, 11) is 0. The van der Waals surface area contributed by atoms with Gasteiger partial charge in [0.1, 0.15) is 18.0 Å². The SMILES string of the molecule is Cc1ccc(-c2[nH]nc(OC3CCN(C(=O)OC(C)(C)C)CC3)c2-c2ccncn2)cc1. The van der Waals surface area contributed by atoms with Gasteiger partial charge >= 0.3 is 6.09 Å². The largest absolute Gasteiger partial charge is 0.473 e. The van der Waals surface area contributed by atoms with Crippen LogP contribution in [0.4, 0.5) is 4.79 Å². The molecule has 0 radical (unpaired) electrons. The second kappa shape index (κ2) is 8.98. The second-order valence-electron chi connectivity index (χ2n) is 9.02. The van der Waals surface area contributed by atoms with Gasteiger partial charge in [-0.1, -0.05) is 29.8 Å². The van der Waals surface area contributed by atoms with Crippen molar-refractivity contribution in [2.24, 2.45) is 0 Å². The van der Waals surface area contributed by atoms with Gasteiger partial charge in [-0.25, -0.2) is 14.8 Å². The van der Waals surface area contributed by atoms with Gasteiger partial charge in [-0.05, 0) is 33.8 Å². The average molecular weight is 436 g/mol. The molecule has 1 N–H and O–H groups in total. The van der Waals surface area contributed by atoms with E-state index in [0.29, 0.717) is 31.8 Å². The van der Waals surface area contributed by atoms with E-state index in [0.717, 1.165) is 22.5 Å². The second-order valence-corrected chi connectivity index (χ2v) is 9.02. The Morgan fingerprint density at radius 1 is 1.12 bits per heavy atom. The van der Waals surface area contributed by atoms with E-state index in [1.54, 1.807) is 11.1 Å². The average Bonchev–Trinajstić information content (AvgIpc) is 3.17. The van der Waals surface area contributed by atoms with Gasteiger partial charge < -0.3 is 14.4 Å². The Morgan fingerprint density at radius 3 is 2.47 bits per heavy atom. The molecule has 0 unspecified atom stereocenters. The highest BCUT2D eigenvalue weighted by Gasteiger charge is 2.29. The first-order chi connectivity index (χ1) is 15.3. The fourth-order valence-corrected chi connectivity index (χ4v) is 3.66. The number of hydrogen-bond donors (Lipinski definition) is 1. The Bertz CT molecular complexity index is 1050. The molecule has 1 aliphatic heterocycles. The molecule has 3 aromatic rings. The summed E-state index contributed by atoms with van der Waals surface area (Å²) in [6.07, 6.45) is 4.30. The quantitative estimate of drug-likeness (QED) is 0.643. The summed E-state index contributed by atoms with van der Waals surface area (Å²) in [6, 6.07) is 10.1. The fourth-order valence-electron chi connectivity index (χ4n) is 3.66. The van der Waals surface area contributed by atoms with Gasteiger partial charge in [0.05, 0.1) is 17.0 Å². The van der Waals surface area contributed by atoms with E-state index in [1.807, 2.05) is 26.8 Å². The number of carbonyl (C=O) groups is 1. The van der Waals surface area contributed by atoms with Crippen molar-refractivity contribution in [3.8, 4) is 28.4 Å². The Balaban J connectivity index is 1.52. The molecule has 0 saturated carbocycles. The molecule has 2 aromatic heterocycles. The summed E-state index contributed by atoms with van der Waals surface area (Å²) < 4.78 is 11.8. The normalized spacial score (nSPS) is 14.9. The molecule has 1 fully saturated rings. The van der Waals surface area contributed by atoms with Gasteiger partial charge in [-0.15, -0.1) is 5.10 Å². The number of piperidine rings is 1. The van der Waals surface area contributed by atoms with E-state index < -0.39 is 5.60 Å². The molecule has 1 aromatic carbocycles. The highest BCUT2D eigenvalue weighted by molar-refractivity contribution is 5.82. The number of aromatic amines is 1. The molecule has 4 rings (SSSR count). The first kappa shape index (κ1) is 21.8. The highest BCUT2D eigenvalue weighted by atomic mass is 16.6. The number of aryl methyl sites for hydroxylation is 1. The van der Waals surface area contributed by atoms with Crippen LogP contribution in [-0.2, 0) is 4.74 Å². The van der Waals surface area contributed by atoms with Crippen LogP contribution in [0.5, 0.6) is 5.88 Å². The van der Waals surface area contributed by atoms with Crippen molar-refractivity contribution >= 4 is 6.09 Å². The third-order valence-corrected chi connectivity index (χ3v) is 5.28. The van der Waals surface area contributed by atoms with Gasteiger partial charge in [-0.3, -0.25) is 5.10 Å². The van der Waals surface area contributed by atoms with Crippen LogP contribution in [0.1, 0.15) is 39.2 Å². The molecule has 3 heterocycles. The fraction of sp³-hybridized carbons (Fsp3) is 0.417. The van der Waals surface area contributed by atoms with Gasteiger partial charge in [0.2, 0.25) is 5.88 Å². The highest BCUT2D eigenvalue weighted by Crippen LogP contribution is 2.37. The minimum absolute atomic E-state index is 0.0524. The Kier molecular flexibility index (Phi) is 6.12. The monoisotopic (exact) mass is 435 g/mol. The van der Waals surface area contributed by atoms with Crippen molar-refractivity contribution in [1.82, 2.24) is 25.1 Å². The van der Waals surface area contributed by atoms with E-state index >= 15 is 0 Å². The maximum absolute atomic E-state index is 12.3. The minimum atomic E-state index is -0.502. The lowest BCUT2D eigenvalue weighted by atomic mass is 10.0. The van der Waals surface area contributed by atoms with E-state index in [-0.39, 0.29) is 12.2 Å². The number of hydrogen-bond acceptors (Lipinski definition) is 6. The number of H-pyrrole nitrogens is 1. The van der Waals surface area contributed by atoms with Crippen molar-refractivity contribution in [2.45, 2.75) is 52.2 Å². The number of benzene rings is 1. The minimum Gasteiger partial charge on any atom is -0.473 e. The van der Waals surface area contributed by atoms with Crippen molar-refractivity contribution < 1.29 is 14.3 Å². The van der Waals surface area contributed by atoms with E-state index in [9.17, 15) is 4.79 Å². The van der Waals surface area contributed by atoms with Crippen LogP contribution in [-0.4, -0.2) is 56.0 Å². The van der Waals surface area contributed by atoms with Crippen LogP contribution in [0.25, 0.3) is 22.5 Å². The third kappa shape index (κ3) is 5.07. The predicted molar refractivity (Wildman–Crippen MR) is 121 cm³/mol. The number of amides is 1. The number of ether oxygens (including phenoxy) is 2. The van der Waals surface area contributed by atoms with Crippen LogP contribution in [0.15, 0.2) is 42.9 Å². The zero-order chi connectivity index (χ0) is 22.7. The van der Waals surface area contributed by atoms with Crippen molar-refractivity contribution in [3.63, 3.8) is 0 Å². The van der Waals surface area contributed by atoms with Crippen LogP contribution in [0, 0.1) is 6.92 Å². The molecule has 0 atom stereocenters. The van der Waals surface area contributed by atoms with Gasteiger partial charge in [0.25, 0.3) is 0 Å². The first-order valence-corrected chi connectivity index (χ1v) is 10.9. The van der Waals surface area contributed by atoms with Crippen molar-refractivity contribution in [1.29, 1.82) is 0 Å². The molecule has 1 amide bonds. The summed E-state index contributed by atoms with van der Waals surface area (Å²) in [5, 5.41) is 7.61. The summed E-state index contributed by atoms with van der Waals surface area (Å²) in [6.45, 7) is 8.84. The summed E-state index contributed by atoms with van der Waals surface area (Å²) in [5.74, 6) is 0.509. The van der Waals surface area contributed by atoms with E-state index in [1.165, 1.54) is 11.9 Å². The third-order valence-electron chi connectivity index (χ3n) is 5.28. The maximum Gasteiger partial charge on any atom is 0.410 e. The lowest BCUT2D eigenvalue weighted by molar-refractivity contribution is 0.0123. The number of carbonyl (C=O) groups excluding carboxylic acids is 1. The Morgan fingerprint density at radius 2 is 1.84 bits per heavy atom. The standard InChI is InChI=1S/C24H29N5O3/c1-16-5-7-17(8-6-16)21-20(19-9-12-25-15-26-19)22(28-27-21)31-18-10-13-29(14-11-18)23(30)32-24(2,3)4/h5-9,12,15,18H,10-11,13-14H2,1-4H3,(H,27,28). The lowest BCUT2D eigenvalue weighted by Crippen LogP contribution is -2.44. The molecule has 1 saturated heterocycles. The molecule has 168 valence electrons. The number of nitrogens with one attached hydrogen (secondary N) is 1. The van der Waals surface area contributed by atoms with Gasteiger partial charge in [-0.2, -0.15) is 0 Å². The molecule has 0 aliphatic carbocycles. The van der Waals surface area contributed by atoms with E-state index in [2.05, 4.69) is 51.4 Å². The van der Waals surface area contributed by atoms with Crippen LogP contribution >= 0.6 is 0 Å². The number of aromatic nitrogens is 4. The summed E-state index contributed by atoms with van der Waals surface area (Å²) in [4.78, 5) is 22.5. The number of likely N-dealkylation sites (tertiary alicyclic amines) is 1. The first-order valence-electron chi connectivity index (χ1n) is 10.9. The molecular weight excluding hydrogens is 406 g/mol. The molecule has 0 spiro atoms. The van der Waals surface area contributed by atoms with Crippen LogP contribution < -0.4 is 4.74 Å². The zero-order valence-electron chi connectivity index (χ0n) is 19.0. The lowest BCUT2D eigenvalue weighted by Gasteiger charge is -2.33. The van der Waals surface area contributed by atoms with Gasteiger partial charge in [0.15, 0.2) is 0 Å². The molecule has 0 bridgehead atoms. The Hall–Kier alpha value is -3.42. The van der Waals surface area contributed by atoms with Crippen LogP contribution in [0.2, 0.25) is 0 Å².